The van der Waals surface area contributed by atoms with Crippen molar-refractivity contribution in [3.63, 3.8) is 0 Å². The van der Waals surface area contributed by atoms with Crippen molar-refractivity contribution < 1.29 is 24.0 Å². The van der Waals surface area contributed by atoms with Crippen molar-refractivity contribution in [2.75, 3.05) is 6.61 Å². The van der Waals surface area contributed by atoms with Crippen LogP contribution in [0.1, 0.15) is 50.8 Å². The normalized spacial score (nSPS) is 14.2. The Morgan fingerprint density at radius 3 is 2.48 bits per heavy atom. The highest BCUT2D eigenvalue weighted by molar-refractivity contribution is 6.47. The van der Waals surface area contributed by atoms with Crippen LogP contribution in [0.15, 0.2) is 90.1 Å². The molecule has 7 nitrogen and oxygen atoms in total. The molecule has 1 aliphatic rings. The third-order valence-corrected chi connectivity index (χ3v) is 7.19. The zero-order chi connectivity index (χ0) is 27.8. The molecule has 0 N–H and O–H groups in total. The average molecular weight is 531 g/mol. The van der Waals surface area contributed by atoms with Crippen LogP contribution in [0.25, 0.3) is 21.8 Å². The number of fused-ring (bicyclic) bond motifs is 5. The molecule has 1 aliphatic heterocycles. The number of hydrogen-bond donors (Lipinski definition) is 0. The molecule has 0 saturated heterocycles. The number of carbonyl (C=O) groups excluding carboxylic acids is 3. The number of nitrogens with zero attached hydrogens (tertiary/aromatic N) is 2. The minimum Gasteiger partial charge on any atom is -0.492 e. The van der Waals surface area contributed by atoms with Crippen LogP contribution in [0.4, 0.5) is 0 Å². The van der Waals surface area contributed by atoms with Crippen LogP contribution >= 0.6 is 0 Å². The topological polar surface area (TPSA) is 87.0 Å². The van der Waals surface area contributed by atoms with E-state index in [1.807, 2.05) is 73.7 Å². The van der Waals surface area contributed by atoms with Gasteiger partial charge in [-0.2, -0.15) is 0 Å². The van der Waals surface area contributed by atoms with E-state index in [1.54, 1.807) is 6.07 Å². The summed E-state index contributed by atoms with van der Waals surface area (Å²) in [6, 6.07) is 27.0. The van der Waals surface area contributed by atoms with Crippen molar-refractivity contribution in [2.45, 2.75) is 26.8 Å². The lowest BCUT2D eigenvalue weighted by Crippen LogP contribution is -2.15. The number of ether oxygens (including phenoxy) is 1. The standard InChI is InChI=1S/C33H26N2O5/c1-20-8-6-7-11-24(20)31(37)23-12-14-28-26(18-23)30-29(35(28)19-22-9-4-3-5-10-22)15-13-25-32(38)27(34-40-21(2)36)16-17-39-33(25)30/h3-15,18H,16-17,19H2,1-2H3/b34-27+. The Hall–Kier alpha value is -5.04. The number of aryl methyl sites for hydroxylation is 1. The summed E-state index contributed by atoms with van der Waals surface area (Å²) in [4.78, 5) is 43.1. The van der Waals surface area contributed by atoms with Crippen LogP contribution in [0.5, 0.6) is 5.75 Å². The molecule has 5 aromatic rings. The number of benzene rings is 4. The molecule has 1 aromatic heterocycles. The Morgan fingerprint density at radius 1 is 0.950 bits per heavy atom. The first kappa shape index (κ1) is 25.2. The second-order valence-corrected chi connectivity index (χ2v) is 9.83. The molecule has 0 radical (unpaired) electrons. The van der Waals surface area contributed by atoms with Gasteiger partial charge in [0, 0.05) is 41.9 Å². The van der Waals surface area contributed by atoms with Crippen molar-refractivity contribution in [2.24, 2.45) is 5.16 Å². The van der Waals surface area contributed by atoms with E-state index in [0.29, 0.717) is 29.0 Å². The minimum absolute atomic E-state index is 0.0706. The van der Waals surface area contributed by atoms with Gasteiger partial charge in [-0.3, -0.25) is 9.59 Å². The zero-order valence-corrected chi connectivity index (χ0v) is 22.1. The first-order valence-corrected chi connectivity index (χ1v) is 13.1. The smallest absolute Gasteiger partial charge is 0.331 e. The number of carbonyl (C=O) groups is 3. The Labute approximate surface area is 230 Å². The third kappa shape index (κ3) is 4.45. The van der Waals surface area contributed by atoms with E-state index in [0.717, 1.165) is 32.9 Å². The van der Waals surface area contributed by atoms with Crippen molar-refractivity contribution in [3.8, 4) is 5.75 Å². The number of rotatable bonds is 5. The maximum Gasteiger partial charge on any atom is 0.331 e. The molecule has 0 aliphatic carbocycles. The van der Waals surface area contributed by atoms with Crippen molar-refractivity contribution >= 4 is 45.1 Å². The zero-order valence-electron chi connectivity index (χ0n) is 22.1. The molecule has 0 spiro atoms. The molecule has 0 saturated carbocycles. The fourth-order valence-corrected chi connectivity index (χ4v) is 5.27. The molecule has 4 aromatic carbocycles. The maximum atomic E-state index is 13.6. The summed E-state index contributed by atoms with van der Waals surface area (Å²) in [5, 5.41) is 5.36. The Balaban J connectivity index is 1.58. The number of aromatic nitrogens is 1. The van der Waals surface area contributed by atoms with Gasteiger partial charge in [-0.25, -0.2) is 4.79 Å². The lowest BCUT2D eigenvalue weighted by molar-refractivity contribution is -0.140. The maximum absolute atomic E-state index is 13.6. The van der Waals surface area contributed by atoms with Crippen molar-refractivity contribution in [1.29, 1.82) is 0 Å². The van der Waals surface area contributed by atoms with Crippen LogP contribution in [0.3, 0.4) is 0 Å². The van der Waals surface area contributed by atoms with Gasteiger partial charge in [-0.15, -0.1) is 0 Å². The van der Waals surface area contributed by atoms with Crippen LogP contribution in [0.2, 0.25) is 0 Å². The molecule has 0 amide bonds. The van der Waals surface area contributed by atoms with Gasteiger partial charge < -0.3 is 14.1 Å². The molecule has 6 rings (SSSR count). The number of ketones is 2. The highest BCUT2D eigenvalue weighted by atomic mass is 16.7. The van der Waals surface area contributed by atoms with Crippen LogP contribution in [-0.2, 0) is 16.2 Å². The lowest BCUT2D eigenvalue weighted by atomic mass is 9.97. The highest BCUT2D eigenvalue weighted by Gasteiger charge is 2.28. The Bertz CT molecular complexity index is 1850. The van der Waals surface area contributed by atoms with E-state index >= 15 is 0 Å². The van der Waals surface area contributed by atoms with Crippen LogP contribution in [-0.4, -0.2) is 34.4 Å². The fourth-order valence-electron chi connectivity index (χ4n) is 5.27. The Morgan fingerprint density at radius 2 is 1.70 bits per heavy atom. The van der Waals surface area contributed by atoms with E-state index in [2.05, 4.69) is 21.9 Å². The molecule has 0 atom stereocenters. The fraction of sp³-hybridized carbons (Fsp3) is 0.152. The summed E-state index contributed by atoms with van der Waals surface area (Å²) in [5.74, 6) is -0.589. The monoisotopic (exact) mass is 530 g/mol. The van der Waals surface area contributed by atoms with Crippen molar-refractivity contribution in [3.05, 3.63) is 113 Å². The average Bonchev–Trinajstić information content (AvgIpc) is 3.17. The summed E-state index contributed by atoms with van der Waals surface area (Å²) in [6.45, 7) is 3.94. The minimum atomic E-state index is -0.601. The molecule has 0 fully saturated rings. The molecule has 0 bridgehead atoms. The van der Waals surface area contributed by atoms with Gasteiger partial charge >= 0.3 is 5.97 Å². The molecule has 40 heavy (non-hydrogen) atoms. The van der Waals surface area contributed by atoms with Crippen LogP contribution < -0.4 is 4.74 Å². The van der Waals surface area contributed by atoms with Crippen molar-refractivity contribution in [1.82, 2.24) is 4.57 Å². The third-order valence-electron chi connectivity index (χ3n) is 7.19. The number of hydrogen-bond acceptors (Lipinski definition) is 6. The van der Waals surface area contributed by atoms with Gasteiger partial charge in [0.05, 0.1) is 23.1 Å². The molecular formula is C33H26N2O5. The SMILES string of the molecule is CC(=O)O/N=C1\CCOc2c(ccc3c2c2cc(C(=O)c4ccccc4C)ccc2n3Cc2ccccc2)C1=O. The van der Waals surface area contributed by atoms with E-state index in [9.17, 15) is 14.4 Å². The second-order valence-electron chi connectivity index (χ2n) is 9.83. The predicted octanol–water partition coefficient (Wildman–Crippen LogP) is 6.27. The molecule has 7 heteroatoms. The molecule has 198 valence electrons. The van der Waals surface area contributed by atoms with E-state index in [-0.39, 0.29) is 30.3 Å². The number of Topliss-reactive ketones (excluding diaryl/α,β-unsaturated/α-hetero) is 1. The summed E-state index contributed by atoms with van der Waals surface area (Å²) in [6.07, 6.45) is 0.196. The van der Waals surface area contributed by atoms with E-state index in [1.165, 1.54) is 6.92 Å². The predicted molar refractivity (Wildman–Crippen MR) is 153 cm³/mol. The summed E-state index contributed by atoms with van der Waals surface area (Å²) in [7, 11) is 0. The molecule has 2 heterocycles. The van der Waals surface area contributed by atoms with Gasteiger partial charge in [0.15, 0.2) is 5.78 Å². The Kier molecular flexibility index (Phi) is 6.48. The second kappa shape index (κ2) is 10.3. The summed E-state index contributed by atoms with van der Waals surface area (Å²) in [5.41, 5.74) is 5.48. The lowest BCUT2D eigenvalue weighted by Gasteiger charge is -2.10. The molecular weight excluding hydrogens is 504 g/mol. The summed E-state index contributed by atoms with van der Waals surface area (Å²) >= 11 is 0. The first-order chi connectivity index (χ1) is 19.4. The largest absolute Gasteiger partial charge is 0.492 e. The van der Waals surface area contributed by atoms with Gasteiger partial charge in [-0.05, 0) is 48.4 Å². The van der Waals surface area contributed by atoms with Gasteiger partial charge in [-0.1, -0.05) is 59.8 Å². The first-order valence-electron chi connectivity index (χ1n) is 13.1. The molecule has 0 unspecified atom stereocenters. The number of oxime groups is 1. The van der Waals surface area contributed by atoms with Gasteiger partial charge in [0.1, 0.15) is 11.5 Å². The van der Waals surface area contributed by atoms with Gasteiger partial charge in [0.2, 0.25) is 5.78 Å². The quantitative estimate of drug-likeness (QED) is 0.152. The summed E-state index contributed by atoms with van der Waals surface area (Å²) < 4.78 is 8.38. The van der Waals surface area contributed by atoms with E-state index in [4.69, 9.17) is 9.57 Å². The highest BCUT2D eigenvalue weighted by Crippen LogP contribution is 2.40. The van der Waals surface area contributed by atoms with Crippen LogP contribution in [0, 0.1) is 6.92 Å². The van der Waals surface area contributed by atoms with E-state index < -0.39 is 5.97 Å². The van der Waals surface area contributed by atoms with Gasteiger partial charge in [0.25, 0.3) is 0 Å².